The molecule has 1 aliphatic rings. The highest BCUT2D eigenvalue weighted by Crippen LogP contribution is 2.29. The molecule has 0 radical (unpaired) electrons. The number of aromatic nitrogens is 1. The van der Waals surface area contributed by atoms with Crippen LogP contribution < -0.4 is 5.73 Å². The van der Waals surface area contributed by atoms with Crippen LogP contribution in [-0.4, -0.2) is 30.0 Å². The molecule has 0 spiro atoms. The lowest BCUT2D eigenvalue weighted by molar-refractivity contribution is 0.317. The fraction of sp³-hybridized carbons (Fsp3) is 0.688. The molecular formula is C16H27N3. The molecule has 0 amide bonds. The lowest BCUT2D eigenvalue weighted by Crippen LogP contribution is -2.17. The maximum Gasteiger partial charge on any atom is 0.0403 e. The van der Waals surface area contributed by atoms with Gasteiger partial charge in [-0.2, -0.15) is 0 Å². The summed E-state index contributed by atoms with van der Waals surface area (Å²) in [5.41, 5.74) is 8.11. The molecule has 2 rings (SSSR count). The second-order valence-electron chi connectivity index (χ2n) is 5.67. The molecular weight excluding hydrogens is 234 g/mol. The molecule has 0 bridgehead atoms. The van der Waals surface area contributed by atoms with Crippen molar-refractivity contribution >= 4 is 0 Å². The molecule has 1 aliphatic heterocycles. The highest BCUT2D eigenvalue weighted by Gasteiger charge is 2.22. The third-order valence-corrected chi connectivity index (χ3v) is 4.14. The third kappa shape index (κ3) is 4.29. The van der Waals surface area contributed by atoms with Gasteiger partial charge >= 0.3 is 0 Å². The summed E-state index contributed by atoms with van der Waals surface area (Å²) in [5.74, 6) is 0. The standard InChI is InChI=1S/C16H27N3/c1-19-12-6-8-16(19)14-9-10-15(18-13-14)7-4-2-3-5-11-17/h9-10,13,16H,2-8,11-12,17H2,1H3. The summed E-state index contributed by atoms with van der Waals surface area (Å²) >= 11 is 0. The van der Waals surface area contributed by atoms with E-state index in [2.05, 4.69) is 35.3 Å². The number of likely N-dealkylation sites (tertiary alicyclic amines) is 1. The first-order valence-corrected chi connectivity index (χ1v) is 7.66. The second kappa shape index (κ2) is 7.61. The number of unbranched alkanes of at least 4 members (excludes halogenated alkanes) is 3. The van der Waals surface area contributed by atoms with Crippen molar-refractivity contribution in [1.82, 2.24) is 9.88 Å². The number of nitrogens with zero attached hydrogens (tertiary/aromatic N) is 2. The van der Waals surface area contributed by atoms with Crippen LogP contribution in [0.3, 0.4) is 0 Å². The number of nitrogens with two attached hydrogens (primary N) is 1. The average Bonchev–Trinajstić information content (AvgIpc) is 2.86. The lowest BCUT2D eigenvalue weighted by Gasteiger charge is -2.19. The monoisotopic (exact) mass is 261 g/mol. The molecule has 2 N–H and O–H groups in total. The van der Waals surface area contributed by atoms with Crippen molar-refractivity contribution < 1.29 is 0 Å². The molecule has 0 aliphatic carbocycles. The van der Waals surface area contributed by atoms with Crippen LogP contribution in [0.5, 0.6) is 0 Å². The van der Waals surface area contributed by atoms with E-state index >= 15 is 0 Å². The Hall–Kier alpha value is -0.930. The van der Waals surface area contributed by atoms with Crippen LogP contribution in [0.4, 0.5) is 0 Å². The van der Waals surface area contributed by atoms with Gasteiger partial charge in [0.25, 0.3) is 0 Å². The van der Waals surface area contributed by atoms with Crippen LogP contribution in [0, 0.1) is 0 Å². The summed E-state index contributed by atoms with van der Waals surface area (Å²) in [6.07, 6.45) is 10.7. The van der Waals surface area contributed by atoms with E-state index in [0.717, 1.165) is 19.4 Å². The number of hydrogen-bond donors (Lipinski definition) is 1. The van der Waals surface area contributed by atoms with Crippen molar-refractivity contribution in [2.24, 2.45) is 5.73 Å². The quantitative estimate of drug-likeness (QED) is 0.767. The largest absolute Gasteiger partial charge is 0.330 e. The average molecular weight is 261 g/mol. The van der Waals surface area contributed by atoms with Gasteiger partial charge in [0.2, 0.25) is 0 Å². The van der Waals surface area contributed by atoms with E-state index in [1.165, 1.54) is 49.9 Å². The summed E-state index contributed by atoms with van der Waals surface area (Å²) in [6.45, 7) is 2.04. The Morgan fingerprint density at radius 2 is 2.11 bits per heavy atom. The van der Waals surface area contributed by atoms with Crippen LogP contribution >= 0.6 is 0 Å². The molecule has 3 nitrogen and oxygen atoms in total. The molecule has 1 atom stereocenters. The maximum atomic E-state index is 5.49. The molecule has 0 aromatic carbocycles. The topological polar surface area (TPSA) is 42.1 Å². The summed E-state index contributed by atoms with van der Waals surface area (Å²) in [7, 11) is 2.21. The van der Waals surface area contributed by atoms with Crippen molar-refractivity contribution in [3.63, 3.8) is 0 Å². The Kier molecular flexibility index (Phi) is 5.80. The van der Waals surface area contributed by atoms with E-state index < -0.39 is 0 Å². The van der Waals surface area contributed by atoms with Gasteiger partial charge < -0.3 is 5.73 Å². The first kappa shape index (κ1) is 14.5. The minimum absolute atomic E-state index is 0.589. The molecule has 2 heterocycles. The van der Waals surface area contributed by atoms with Gasteiger partial charge in [0.05, 0.1) is 0 Å². The summed E-state index contributed by atoms with van der Waals surface area (Å²) in [5, 5.41) is 0. The van der Waals surface area contributed by atoms with E-state index in [9.17, 15) is 0 Å². The first-order chi connectivity index (χ1) is 9.31. The van der Waals surface area contributed by atoms with Gasteiger partial charge in [-0.05, 0) is 63.9 Å². The fourth-order valence-corrected chi connectivity index (χ4v) is 2.92. The maximum absolute atomic E-state index is 5.49. The predicted octanol–water partition coefficient (Wildman–Crippen LogP) is 2.91. The molecule has 19 heavy (non-hydrogen) atoms. The van der Waals surface area contributed by atoms with E-state index in [0.29, 0.717) is 6.04 Å². The molecule has 1 fully saturated rings. The summed E-state index contributed by atoms with van der Waals surface area (Å²) in [4.78, 5) is 7.06. The molecule has 1 saturated heterocycles. The van der Waals surface area contributed by atoms with Crippen LogP contribution in [0.2, 0.25) is 0 Å². The smallest absolute Gasteiger partial charge is 0.0403 e. The number of rotatable bonds is 7. The van der Waals surface area contributed by atoms with Crippen molar-refractivity contribution in [2.45, 2.75) is 51.0 Å². The van der Waals surface area contributed by atoms with Gasteiger partial charge in [-0.1, -0.05) is 18.9 Å². The molecule has 1 aromatic heterocycles. The highest BCUT2D eigenvalue weighted by atomic mass is 15.1. The second-order valence-corrected chi connectivity index (χ2v) is 5.67. The summed E-state index contributed by atoms with van der Waals surface area (Å²) in [6, 6.07) is 5.07. The van der Waals surface area contributed by atoms with Gasteiger partial charge in [0, 0.05) is 17.9 Å². The van der Waals surface area contributed by atoms with Crippen molar-refractivity contribution in [3.8, 4) is 0 Å². The summed E-state index contributed by atoms with van der Waals surface area (Å²) < 4.78 is 0. The SMILES string of the molecule is CN1CCCC1c1ccc(CCCCCCN)nc1. The lowest BCUT2D eigenvalue weighted by atomic mass is 10.1. The molecule has 0 saturated carbocycles. The predicted molar refractivity (Wildman–Crippen MR) is 80.1 cm³/mol. The molecule has 3 heteroatoms. The minimum atomic E-state index is 0.589. The van der Waals surface area contributed by atoms with Crippen molar-refractivity contribution in [2.75, 3.05) is 20.1 Å². The van der Waals surface area contributed by atoms with E-state index in [4.69, 9.17) is 5.73 Å². The van der Waals surface area contributed by atoms with Crippen LogP contribution in [0.25, 0.3) is 0 Å². The number of pyridine rings is 1. The fourth-order valence-electron chi connectivity index (χ4n) is 2.92. The van der Waals surface area contributed by atoms with E-state index in [1.54, 1.807) is 0 Å². The van der Waals surface area contributed by atoms with Crippen molar-refractivity contribution in [1.29, 1.82) is 0 Å². The Morgan fingerprint density at radius 1 is 1.26 bits per heavy atom. The van der Waals surface area contributed by atoms with Crippen LogP contribution in [0.15, 0.2) is 18.3 Å². The van der Waals surface area contributed by atoms with Gasteiger partial charge in [0.15, 0.2) is 0 Å². The van der Waals surface area contributed by atoms with E-state index in [-0.39, 0.29) is 0 Å². The van der Waals surface area contributed by atoms with Crippen molar-refractivity contribution in [3.05, 3.63) is 29.6 Å². The minimum Gasteiger partial charge on any atom is -0.330 e. The molecule has 1 aromatic rings. The van der Waals surface area contributed by atoms with Gasteiger partial charge in [-0.3, -0.25) is 9.88 Å². The molecule has 1 unspecified atom stereocenters. The third-order valence-electron chi connectivity index (χ3n) is 4.14. The zero-order chi connectivity index (χ0) is 13.5. The number of hydrogen-bond acceptors (Lipinski definition) is 3. The Balaban J connectivity index is 1.78. The Morgan fingerprint density at radius 3 is 2.74 bits per heavy atom. The first-order valence-electron chi connectivity index (χ1n) is 7.66. The van der Waals surface area contributed by atoms with Crippen LogP contribution in [0.1, 0.15) is 55.8 Å². The highest BCUT2D eigenvalue weighted by molar-refractivity contribution is 5.19. The normalized spacial score (nSPS) is 20.0. The van der Waals surface area contributed by atoms with Gasteiger partial charge in [-0.25, -0.2) is 0 Å². The zero-order valence-electron chi connectivity index (χ0n) is 12.1. The number of aryl methyl sites for hydroxylation is 1. The van der Waals surface area contributed by atoms with Crippen LogP contribution in [-0.2, 0) is 6.42 Å². The Bertz CT molecular complexity index is 361. The van der Waals surface area contributed by atoms with Gasteiger partial charge in [0.1, 0.15) is 0 Å². The van der Waals surface area contributed by atoms with Gasteiger partial charge in [-0.15, -0.1) is 0 Å². The Labute approximate surface area is 117 Å². The molecule has 106 valence electrons. The zero-order valence-corrected chi connectivity index (χ0v) is 12.1. The van der Waals surface area contributed by atoms with E-state index in [1.807, 2.05) is 0 Å².